The third-order valence-electron chi connectivity index (χ3n) is 5.95. The van der Waals surface area contributed by atoms with Gasteiger partial charge in [-0.2, -0.15) is 0 Å². The molecule has 146 valence electrons. The van der Waals surface area contributed by atoms with Gasteiger partial charge in [0.05, 0.1) is 18.7 Å². The Morgan fingerprint density at radius 2 is 1.59 bits per heavy atom. The number of para-hydroxylation sites is 1. The fraction of sp³-hybridized carbons (Fsp3) is 0.240. The van der Waals surface area contributed by atoms with Gasteiger partial charge in [0, 0.05) is 36.3 Å². The molecule has 0 saturated carbocycles. The minimum absolute atomic E-state index is 0.0312. The molecule has 0 amide bonds. The number of fused-ring (bicyclic) bond motifs is 2. The Balaban J connectivity index is 1.65. The van der Waals surface area contributed by atoms with Crippen molar-refractivity contribution in [2.75, 3.05) is 26.3 Å². The van der Waals surface area contributed by atoms with Crippen LogP contribution in [0, 0.1) is 6.92 Å². The van der Waals surface area contributed by atoms with Gasteiger partial charge in [-0.3, -0.25) is 14.3 Å². The number of carbonyl (C=O) groups is 1. The molecule has 2 heterocycles. The lowest BCUT2D eigenvalue weighted by atomic mass is 10.0. The zero-order valence-corrected chi connectivity index (χ0v) is 16.6. The number of nitrogens with zero attached hydrogens (tertiary/aromatic N) is 2. The fourth-order valence-corrected chi connectivity index (χ4v) is 4.41. The average Bonchev–Trinajstić information content (AvgIpc) is 3.05. The molecule has 0 unspecified atom stereocenters. The standard InChI is InChI=1S/C25H24N2O2/c1-18-23(17-26-13-15-29-16-14-26)21-10-4-5-12-24(21)27(18)25(28)22-11-6-8-19-7-2-3-9-20(19)22/h2-12H,13-17H2,1H3. The summed E-state index contributed by atoms with van der Waals surface area (Å²) in [7, 11) is 0. The van der Waals surface area contributed by atoms with Crippen molar-refractivity contribution in [2.45, 2.75) is 13.5 Å². The Morgan fingerprint density at radius 3 is 2.41 bits per heavy atom. The van der Waals surface area contributed by atoms with Gasteiger partial charge in [-0.15, -0.1) is 0 Å². The van der Waals surface area contributed by atoms with Gasteiger partial charge in [0.2, 0.25) is 0 Å². The van der Waals surface area contributed by atoms with Crippen LogP contribution in [0.5, 0.6) is 0 Å². The topological polar surface area (TPSA) is 34.5 Å². The molecule has 0 N–H and O–H groups in total. The maximum Gasteiger partial charge on any atom is 0.263 e. The van der Waals surface area contributed by atoms with Gasteiger partial charge >= 0.3 is 0 Å². The maximum atomic E-state index is 13.7. The highest BCUT2D eigenvalue weighted by atomic mass is 16.5. The molecule has 0 aliphatic carbocycles. The van der Waals surface area contributed by atoms with Crippen LogP contribution in [0.15, 0.2) is 66.7 Å². The van der Waals surface area contributed by atoms with Gasteiger partial charge in [0.25, 0.3) is 5.91 Å². The largest absolute Gasteiger partial charge is 0.379 e. The smallest absolute Gasteiger partial charge is 0.263 e. The summed E-state index contributed by atoms with van der Waals surface area (Å²) in [5.74, 6) is 0.0312. The first kappa shape index (κ1) is 18.1. The van der Waals surface area contributed by atoms with Crippen molar-refractivity contribution in [2.24, 2.45) is 0 Å². The monoisotopic (exact) mass is 384 g/mol. The molecule has 1 fully saturated rings. The van der Waals surface area contributed by atoms with Gasteiger partial charge < -0.3 is 4.74 Å². The number of rotatable bonds is 3. The van der Waals surface area contributed by atoms with E-state index in [2.05, 4.69) is 36.1 Å². The Labute approximate surface area is 170 Å². The van der Waals surface area contributed by atoms with Crippen molar-refractivity contribution >= 4 is 27.6 Å². The lowest BCUT2D eigenvalue weighted by Crippen LogP contribution is -2.35. The van der Waals surface area contributed by atoms with Gasteiger partial charge in [-0.25, -0.2) is 0 Å². The van der Waals surface area contributed by atoms with E-state index < -0.39 is 0 Å². The van der Waals surface area contributed by atoms with Crippen LogP contribution in [-0.2, 0) is 11.3 Å². The molecule has 4 heteroatoms. The number of hydrogen-bond acceptors (Lipinski definition) is 3. The summed E-state index contributed by atoms with van der Waals surface area (Å²) in [6.07, 6.45) is 0. The molecule has 3 aromatic carbocycles. The molecular formula is C25H24N2O2. The summed E-state index contributed by atoms with van der Waals surface area (Å²) in [4.78, 5) is 16.1. The number of aromatic nitrogens is 1. The van der Waals surface area contributed by atoms with E-state index in [0.29, 0.717) is 0 Å². The quantitative estimate of drug-likeness (QED) is 0.517. The van der Waals surface area contributed by atoms with Crippen molar-refractivity contribution in [3.05, 3.63) is 83.6 Å². The maximum absolute atomic E-state index is 13.7. The zero-order valence-electron chi connectivity index (χ0n) is 16.6. The molecule has 0 bridgehead atoms. The van der Waals surface area contributed by atoms with Crippen LogP contribution in [0.25, 0.3) is 21.7 Å². The van der Waals surface area contributed by atoms with E-state index in [4.69, 9.17) is 4.74 Å². The number of ether oxygens (including phenoxy) is 1. The molecule has 1 aliphatic rings. The second kappa shape index (κ2) is 7.47. The summed E-state index contributed by atoms with van der Waals surface area (Å²) in [6, 6.07) is 22.3. The van der Waals surface area contributed by atoms with Gasteiger partial charge in [0.1, 0.15) is 0 Å². The van der Waals surface area contributed by atoms with E-state index in [-0.39, 0.29) is 5.91 Å². The molecule has 4 nitrogen and oxygen atoms in total. The van der Waals surface area contributed by atoms with Crippen LogP contribution in [0.2, 0.25) is 0 Å². The minimum atomic E-state index is 0.0312. The molecule has 1 saturated heterocycles. The highest BCUT2D eigenvalue weighted by molar-refractivity contribution is 6.11. The number of carbonyl (C=O) groups excluding carboxylic acids is 1. The average molecular weight is 384 g/mol. The van der Waals surface area contributed by atoms with Crippen molar-refractivity contribution in [1.82, 2.24) is 9.47 Å². The van der Waals surface area contributed by atoms with E-state index in [1.54, 1.807) is 0 Å². The highest BCUT2D eigenvalue weighted by Gasteiger charge is 2.22. The number of morpholine rings is 1. The minimum Gasteiger partial charge on any atom is -0.379 e. The van der Waals surface area contributed by atoms with E-state index in [0.717, 1.165) is 65.8 Å². The lowest BCUT2D eigenvalue weighted by Gasteiger charge is -2.26. The van der Waals surface area contributed by atoms with Gasteiger partial charge in [0.15, 0.2) is 0 Å². The van der Waals surface area contributed by atoms with Crippen LogP contribution in [-0.4, -0.2) is 41.7 Å². The lowest BCUT2D eigenvalue weighted by molar-refractivity contribution is 0.0342. The van der Waals surface area contributed by atoms with Crippen molar-refractivity contribution in [1.29, 1.82) is 0 Å². The molecule has 29 heavy (non-hydrogen) atoms. The molecule has 0 spiro atoms. The Morgan fingerprint density at radius 1 is 0.897 bits per heavy atom. The zero-order chi connectivity index (χ0) is 19.8. The van der Waals surface area contributed by atoms with Crippen LogP contribution < -0.4 is 0 Å². The first-order valence-corrected chi connectivity index (χ1v) is 10.2. The van der Waals surface area contributed by atoms with E-state index in [9.17, 15) is 4.79 Å². The van der Waals surface area contributed by atoms with Crippen LogP contribution in [0.3, 0.4) is 0 Å². The highest BCUT2D eigenvalue weighted by Crippen LogP contribution is 2.29. The fourth-order valence-electron chi connectivity index (χ4n) is 4.41. The van der Waals surface area contributed by atoms with Crippen LogP contribution in [0.4, 0.5) is 0 Å². The molecule has 4 aromatic rings. The van der Waals surface area contributed by atoms with Gasteiger partial charge in [-0.05, 0) is 35.4 Å². The van der Waals surface area contributed by atoms with E-state index in [1.807, 2.05) is 47.0 Å². The summed E-state index contributed by atoms with van der Waals surface area (Å²) in [5, 5.41) is 3.23. The molecular weight excluding hydrogens is 360 g/mol. The summed E-state index contributed by atoms with van der Waals surface area (Å²) in [6.45, 7) is 6.30. The van der Waals surface area contributed by atoms with Gasteiger partial charge in [-0.1, -0.05) is 54.6 Å². The number of benzene rings is 3. The first-order valence-electron chi connectivity index (χ1n) is 10.2. The van der Waals surface area contributed by atoms with E-state index in [1.165, 1.54) is 5.56 Å². The Kier molecular flexibility index (Phi) is 4.66. The second-order valence-electron chi connectivity index (χ2n) is 7.64. The second-order valence-corrected chi connectivity index (χ2v) is 7.64. The van der Waals surface area contributed by atoms with Crippen molar-refractivity contribution < 1.29 is 9.53 Å². The van der Waals surface area contributed by atoms with Crippen LogP contribution >= 0.6 is 0 Å². The van der Waals surface area contributed by atoms with Crippen LogP contribution in [0.1, 0.15) is 21.6 Å². The van der Waals surface area contributed by atoms with Crippen molar-refractivity contribution in [3.63, 3.8) is 0 Å². The molecule has 5 rings (SSSR count). The molecule has 1 aliphatic heterocycles. The first-order chi connectivity index (χ1) is 14.2. The summed E-state index contributed by atoms with van der Waals surface area (Å²) in [5.41, 5.74) is 3.97. The molecule has 1 aromatic heterocycles. The summed E-state index contributed by atoms with van der Waals surface area (Å²) >= 11 is 0. The number of hydrogen-bond donors (Lipinski definition) is 0. The Hall–Kier alpha value is -2.95. The predicted molar refractivity (Wildman–Crippen MR) is 116 cm³/mol. The Bertz CT molecular complexity index is 1200. The molecule has 0 atom stereocenters. The molecule has 0 radical (unpaired) electrons. The third-order valence-corrected chi connectivity index (χ3v) is 5.95. The normalized spacial score (nSPS) is 15.2. The van der Waals surface area contributed by atoms with E-state index >= 15 is 0 Å². The SMILES string of the molecule is Cc1c(CN2CCOCC2)c2ccccc2n1C(=O)c1cccc2ccccc12. The summed E-state index contributed by atoms with van der Waals surface area (Å²) < 4.78 is 7.39. The van der Waals surface area contributed by atoms with Crippen molar-refractivity contribution in [3.8, 4) is 0 Å². The predicted octanol–water partition coefficient (Wildman–Crippen LogP) is 4.62. The third kappa shape index (κ3) is 3.15.